The van der Waals surface area contributed by atoms with E-state index in [0.29, 0.717) is 12.1 Å². The number of nitriles is 1. The number of nitrogens with zero attached hydrogens (tertiary/aromatic N) is 2. The lowest BCUT2D eigenvalue weighted by Gasteiger charge is -2.19. The van der Waals surface area contributed by atoms with Crippen LogP contribution in [-0.4, -0.2) is 16.7 Å². The number of carbonyl (C=O) groups excluding carboxylic acids is 1. The van der Waals surface area contributed by atoms with E-state index in [0.717, 1.165) is 16.3 Å². The lowest BCUT2D eigenvalue weighted by atomic mass is 10.1. The van der Waals surface area contributed by atoms with Crippen LogP contribution in [0.25, 0.3) is 10.6 Å². The minimum atomic E-state index is -0.514. The van der Waals surface area contributed by atoms with Crippen molar-refractivity contribution < 1.29 is 9.53 Å². The Balaban J connectivity index is 1.97. The largest absolute Gasteiger partial charge is 0.444 e. The Morgan fingerprint density at radius 3 is 2.64 bits per heavy atom. The number of hydrogen-bond donors (Lipinski definition) is 1. The van der Waals surface area contributed by atoms with Crippen LogP contribution in [0.2, 0.25) is 0 Å². The first-order valence-corrected chi connectivity index (χ1v) is 7.67. The zero-order valence-electron chi connectivity index (χ0n) is 12.7. The number of thiazole rings is 1. The molecule has 1 heterocycles. The minimum Gasteiger partial charge on any atom is -0.444 e. The molecule has 0 spiro atoms. The van der Waals surface area contributed by atoms with Crippen molar-refractivity contribution in [2.75, 3.05) is 0 Å². The van der Waals surface area contributed by atoms with Gasteiger partial charge in [0.05, 0.1) is 23.9 Å². The van der Waals surface area contributed by atoms with Crippen LogP contribution in [0.3, 0.4) is 0 Å². The number of aromatic nitrogens is 1. The Kier molecular flexibility index (Phi) is 4.78. The highest BCUT2D eigenvalue weighted by Crippen LogP contribution is 2.24. The Morgan fingerprint density at radius 2 is 2.05 bits per heavy atom. The Hall–Kier alpha value is -2.39. The molecule has 1 aromatic carbocycles. The van der Waals surface area contributed by atoms with Crippen LogP contribution in [0.1, 0.15) is 32.0 Å². The minimum absolute atomic E-state index is 0.321. The van der Waals surface area contributed by atoms with E-state index < -0.39 is 11.7 Å². The molecule has 1 amide bonds. The van der Waals surface area contributed by atoms with Crippen molar-refractivity contribution in [2.45, 2.75) is 32.9 Å². The van der Waals surface area contributed by atoms with Crippen molar-refractivity contribution in [1.29, 1.82) is 5.26 Å². The summed E-state index contributed by atoms with van der Waals surface area (Å²) in [5.74, 6) is 0. The summed E-state index contributed by atoms with van der Waals surface area (Å²) in [6.07, 6.45) is -0.458. The van der Waals surface area contributed by atoms with E-state index in [2.05, 4.69) is 16.4 Å². The van der Waals surface area contributed by atoms with Crippen molar-refractivity contribution in [3.05, 3.63) is 40.9 Å². The predicted molar refractivity (Wildman–Crippen MR) is 85.3 cm³/mol. The topological polar surface area (TPSA) is 75.0 Å². The summed E-state index contributed by atoms with van der Waals surface area (Å²) in [6, 6.07) is 9.33. The average Bonchev–Trinajstić information content (AvgIpc) is 2.92. The van der Waals surface area contributed by atoms with Crippen LogP contribution in [0, 0.1) is 11.3 Å². The third-order valence-electron chi connectivity index (χ3n) is 2.63. The molecule has 2 aromatic rings. The quantitative estimate of drug-likeness (QED) is 0.937. The Morgan fingerprint density at radius 1 is 1.36 bits per heavy atom. The van der Waals surface area contributed by atoms with Gasteiger partial charge in [0.1, 0.15) is 10.6 Å². The van der Waals surface area contributed by atoms with Crippen LogP contribution >= 0.6 is 11.3 Å². The van der Waals surface area contributed by atoms with Gasteiger partial charge in [0.25, 0.3) is 0 Å². The number of carbonyl (C=O) groups is 1. The molecule has 5 nitrogen and oxygen atoms in total. The van der Waals surface area contributed by atoms with Crippen molar-refractivity contribution in [1.82, 2.24) is 10.3 Å². The number of rotatable bonds is 3. The Bertz CT molecular complexity index is 693. The van der Waals surface area contributed by atoms with E-state index in [1.54, 1.807) is 12.1 Å². The normalized spacial score (nSPS) is 10.8. The second-order valence-corrected chi connectivity index (χ2v) is 6.55. The highest BCUT2D eigenvalue weighted by atomic mass is 32.1. The predicted octanol–water partition coefficient (Wildman–Crippen LogP) is 3.71. The van der Waals surface area contributed by atoms with Gasteiger partial charge in [0.15, 0.2) is 0 Å². The van der Waals surface area contributed by atoms with E-state index in [9.17, 15) is 4.79 Å². The highest BCUT2D eigenvalue weighted by molar-refractivity contribution is 7.13. The summed E-state index contributed by atoms with van der Waals surface area (Å²) in [4.78, 5) is 16.1. The number of hydrogen-bond acceptors (Lipinski definition) is 5. The molecule has 2 rings (SSSR count). The van der Waals surface area contributed by atoms with Crippen molar-refractivity contribution in [3.63, 3.8) is 0 Å². The lowest BCUT2D eigenvalue weighted by Crippen LogP contribution is -2.32. The third-order valence-corrected chi connectivity index (χ3v) is 3.57. The van der Waals surface area contributed by atoms with Gasteiger partial charge in [-0.15, -0.1) is 11.3 Å². The van der Waals surface area contributed by atoms with Gasteiger partial charge < -0.3 is 10.1 Å². The van der Waals surface area contributed by atoms with Crippen molar-refractivity contribution in [2.24, 2.45) is 0 Å². The van der Waals surface area contributed by atoms with Gasteiger partial charge in [0, 0.05) is 10.9 Å². The lowest BCUT2D eigenvalue weighted by molar-refractivity contribution is 0.0523. The molecule has 0 atom stereocenters. The second kappa shape index (κ2) is 6.58. The van der Waals surface area contributed by atoms with Gasteiger partial charge in [-0.1, -0.05) is 12.1 Å². The number of amides is 1. The van der Waals surface area contributed by atoms with Crippen LogP contribution in [0.4, 0.5) is 4.79 Å². The summed E-state index contributed by atoms with van der Waals surface area (Å²) < 4.78 is 5.17. The molecule has 114 valence electrons. The van der Waals surface area contributed by atoms with Crippen LogP contribution in [0.5, 0.6) is 0 Å². The molecular weight excluding hydrogens is 298 g/mol. The molecular formula is C16H17N3O2S. The maximum Gasteiger partial charge on any atom is 0.407 e. The summed E-state index contributed by atoms with van der Waals surface area (Å²) in [6.45, 7) is 5.77. The fourth-order valence-corrected chi connectivity index (χ4v) is 2.51. The van der Waals surface area contributed by atoms with E-state index >= 15 is 0 Å². The zero-order chi connectivity index (χ0) is 16.2. The van der Waals surface area contributed by atoms with Crippen molar-refractivity contribution in [3.8, 4) is 16.6 Å². The van der Waals surface area contributed by atoms with Gasteiger partial charge in [-0.3, -0.25) is 0 Å². The highest BCUT2D eigenvalue weighted by Gasteiger charge is 2.16. The second-order valence-electron chi connectivity index (χ2n) is 5.69. The molecule has 0 saturated carbocycles. The molecule has 0 radical (unpaired) electrons. The zero-order valence-corrected chi connectivity index (χ0v) is 13.5. The van der Waals surface area contributed by atoms with E-state index in [1.807, 2.05) is 38.3 Å². The monoisotopic (exact) mass is 315 g/mol. The maximum absolute atomic E-state index is 11.6. The first kappa shape index (κ1) is 16.0. The van der Waals surface area contributed by atoms with E-state index in [1.165, 1.54) is 11.3 Å². The number of ether oxygens (including phenoxy) is 1. The number of alkyl carbamates (subject to hydrolysis) is 1. The molecule has 6 heteroatoms. The molecule has 0 bridgehead atoms. The standard InChI is InChI=1S/C16H17N3O2S/c1-16(2,3)21-15(20)18-9-13-10-22-14(19-13)12-6-4-11(8-17)5-7-12/h4-7,10H,9H2,1-3H3,(H,18,20). The first-order chi connectivity index (χ1) is 10.4. The van der Waals surface area contributed by atoms with Crippen LogP contribution in [0.15, 0.2) is 29.6 Å². The molecule has 22 heavy (non-hydrogen) atoms. The van der Waals surface area contributed by atoms with Gasteiger partial charge in [-0.25, -0.2) is 9.78 Å². The van der Waals surface area contributed by atoms with Gasteiger partial charge >= 0.3 is 6.09 Å². The molecule has 0 fully saturated rings. The van der Waals surface area contributed by atoms with E-state index in [4.69, 9.17) is 10.00 Å². The smallest absolute Gasteiger partial charge is 0.407 e. The summed E-state index contributed by atoms with van der Waals surface area (Å²) in [5.41, 5.74) is 1.83. The molecule has 1 N–H and O–H groups in total. The van der Waals surface area contributed by atoms with Gasteiger partial charge in [-0.2, -0.15) is 5.26 Å². The SMILES string of the molecule is CC(C)(C)OC(=O)NCc1csc(-c2ccc(C#N)cc2)n1. The molecule has 1 aromatic heterocycles. The van der Waals surface area contributed by atoms with Crippen molar-refractivity contribution >= 4 is 17.4 Å². The van der Waals surface area contributed by atoms with E-state index in [-0.39, 0.29) is 0 Å². The molecule has 0 aliphatic heterocycles. The summed E-state index contributed by atoms with van der Waals surface area (Å²) >= 11 is 1.49. The first-order valence-electron chi connectivity index (χ1n) is 6.79. The summed E-state index contributed by atoms with van der Waals surface area (Å²) in [7, 11) is 0. The maximum atomic E-state index is 11.6. The van der Waals surface area contributed by atoms with Crippen LogP contribution < -0.4 is 5.32 Å². The van der Waals surface area contributed by atoms with Crippen LogP contribution in [-0.2, 0) is 11.3 Å². The number of benzene rings is 1. The third kappa shape index (κ3) is 4.57. The molecule has 0 unspecified atom stereocenters. The average molecular weight is 315 g/mol. The number of nitrogens with one attached hydrogen (secondary N) is 1. The fraction of sp³-hybridized carbons (Fsp3) is 0.312. The van der Waals surface area contributed by atoms with Gasteiger partial charge in [0.2, 0.25) is 0 Å². The van der Waals surface area contributed by atoms with Gasteiger partial charge in [-0.05, 0) is 32.9 Å². The summed E-state index contributed by atoms with van der Waals surface area (Å²) in [5, 5.41) is 14.2. The molecule has 0 aliphatic carbocycles. The molecule has 0 saturated heterocycles. The Labute approximate surface area is 133 Å². The molecule has 0 aliphatic rings. The fourth-order valence-electron chi connectivity index (χ4n) is 1.69.